The highest BCUT2D eigenvalue weighted by atomic mass is 16.3. The molecule has 0 spiro atoms. The first kappa shape index (κ1) is 38.3. The fourth-order valence-electron chi connectivity index (χ4n) is 10.9. The third kappa shape index (κ3) is 6.12. The SMILES string of the molecule is c1ccc2c(c1)oc1ccc(-c3ccc(N(c4ccc(-c5ccc6c7ccccc7c7ccccc7c6c5)cc4)c4ccc(-c5ccc6c7ccccc7c7ccccc7c6c5)cc4)cc3)cc12. The maximum atomic E-state index is 6.16. The van der Waals surface area contributed by atoms with E-state index in [-0.39, 0.29) is 0 Å². The molecule has 0 fully saturated rings. The number of benzene rings is 13. The van der Waals surface area contributed by atoms with Crippen LogP contribution in [0.3, 0.4) is 0 Å². The van der Waals surface area contributed by atoms with Gasteiger partial charge in [-0.05, 0) is 165 Å². The van der Waals surface area contributed by atoms with Gasteiger partial charge in [-0.25, -0.2) is 0 Å². The Kier molecular flexibility index (Phi) is 8.62. The standard InChI is InChI=1S/C66H41NO/c1-3-15-55-51(11-1)53-13-5-7-17-57(53)62-39-45(27-36-59(55)62)42-21-30-48(31-22-42)67(50-34-25-44(26-35-50)47-29-38-66-64(41-47)61-19-9-10-20-65(61)68-66)49-32-23-43(24-33-49)46-28-37-60-56-16-4-2-12-52(56)54-14-6-8-18-58(54)63(60)40-46/h1-41H. The average molecular weight is 864 g/mol. The van der Waals surface area contributed by atoms with Crippen molar-refractivity contribution in [3.8, 4) is 33.4 Å². The first-order valence-corrected chi connectivity index (χ1v) is 23.4. The molecule has 13 aromatic carbocycles. The van der Waals surface area contributed by atoms with Gasteiger partial charge in [-0.15, -0.1) is 0 Å². The third-order valence-corrected chi connectivity index (χ3v) is 14.2. The number of anilines is 3. The minimum atomic E-state index is 0.903. The number of hydrogen-bond donors (Lipinski definition) is 0. The van der Waals surface area contributed by atoms with Crippen LogP contribution in [-0.2, 0) is 0 Å². The largest absolute Gasteiger partial charge is 0.456 e. The second kappa shape index (κ2) is 15.3. The summed E-state index contributed by atoms with van der Waals surface area (Å²) in [4.78, 5) is 2.37. The van der Waals surface area contributed by atoms with Gasteiger partial charge in [-0.3, -0.25) is 0 Å². The van der Waals surface area contributed by atoms with Gasteiger partial charge in [-0.2, -0.15) is 0 Å². The number of furan rings is 1. The molecule has 0 aliphatic heterocycles. The molecular weight excluding hydrogens is 823 g/mol. The van der Waals surface area contributed by atoms with Gasteiger partial charge >= 0.3 is 0 Å². The molecule has 1 aromatic heterocycles. The Morgan fingerprint density at radius 2 is 0.456 bits per heavy atom. The third-order valence-electron chi connectivity index (χ3n) is 14.2. The lowest BCUT2D eigenvalue weighted by Crippen LogP contribution is -2.09. The maximum Gasteiger partial charge on any atom is 0.135 e. The zero-order valence-electron chi connectivity index (χ0n) is 37.0. The van der Waals surface area contributed by atoms with Crippen LogP contribution in [0.25, 0.3) is 120 Å². The fourth-order valence-corrected chi connectivity index (χ4v) is 10.9. The molecule has 14 aromatic rings. The lowest BCUT2D eigenvalue weighted by atomic mass is 9.92. The lowest BCUT2D eigenvalue weighted by Gasteiger charge is -2.26. The van der Waals surface area contributed by atoms with Crippen molar-refractivity contribution in [1.29, 1.82) is 0 Å². The molecule has 0 amide bonds. The van der Waals surface area contributed by atoms with Crippen molar-refractivity contribution >= 4 is 104 Å². The summed E-state index contributed by atoms with van der Waals surface area (Å²) in [7, 11) is 0. The summed E-state index contributed by atoms with van der Waals surface area (Å²) in [5.41, 5.74) is 12.1. The predicted octanol–water partition coefficient (Wildman–Crippen LogP) is 19.0. The summed E-state index contributed by atoms with van der Waals surface area (Å²) in [6, 6.07) is 90.9. The quantitative estimate of drug-likeness (QED) is 0.155. The van der Waals surface area contributed by atoms with Crippen molar-refractivity contribution in [3.05, 3.63) is 249 Å². The normalized spacial score (nSPS) is 11.8. The highest BCUT2D eigenvalue weighted by Gasteiger charge is 2.17. The van der Waals surface area contributed by atoms with Crippen molar-refractivity contribution < 1.29 is 4.42 Å². The van der Waals surface area contributed by atoms with Crippen LogP contribution in [0.1, 0.15) is 0 Å². The summed E-state index contributed by atoms with van der Waals surface area (Å²) in [6.45, 7) is 0. The van der Waals surface area contributed by atoms with Crippen LogP contribution in [0.15, 0.2) is 253 Å². The van der Waals surface area contributed by atoms with Crippen LogP contribution >= 0.6 is 0 Å². The van der Waals surface area contributed by atoms with E-state index in [1.54, 1.807) is 0 Å². The molecule has 0 unspecified atom stereocenters. The average Bonchev–Trinajstić information content (AvgIpc) is 3.79. The summed E-state index contributed by atoms with van der Waals surface area (Å²) < 4.78 is 6.16. The second-order valence-corrected chi connectivity index (χ2v) is 18.0. The molecule has 1 heterocycles. The van der Waals surface area contributed by atoms with Crippen molar-refractivity contribution in [2.45, 2.75) is 0 Å². The molecule has 0 radical (unpaired) electrons. The molecule has 2 nitrogen and oxygen atoms in total. The van der Waals surface area contributed by atoms with Gasteiger partial charge in [0.1, 0.15) is 11.2 Å². The molecule has 0 aliphatic rings. The molecule has 14 rings (SSSR count). The Bertz CT molecular complexity index is 4020. The lowest BCUT2D eigenvalue weighted by molar-refractivity contribution is 0.669. The van der Waals surface area contributed by atoms with Crippen LogP contribution in [0.5, 0.6) is 0 Å². The molecule has 0 saturated heterocycles. The topological polar surface area (TPSA) is 16.4 Å². The van der Waals surface area contributed by atoms with Gasteiger partial charge in [0.25, 0.3) is 0 Å². The number of hydrogen-bond acceptors (Lipinski definition) is 2. The highest BCUT2D eigenvalue weighted by molar-refractivity contribution is 6.27. The first-order valence-electron chi connectivity index (χ1n) is 23.4. The molecule has 0 atom stereocenters. The summed E-state index contributed by atoms with van der Waals surface area (Å²) in [5.74, 6) is 0. The molecule has 316 valence electrons. The Morgan fingerprint density at radius 1 is 0.191 bits per heavy atom. The van der Waals surface area contributed by atoms with Crippen molar-refractivity contribution in [1.82, 2.24) is 0 Å². The second-order valence-electron chi connectivity index (χ2n) is 18.0. The van der Waals surface area contributed by atoms with Crippen LogP contribution in [0.2, 0.25) is 0 Å². The zero-order chi connectivity index (χ0) is 44.7. The molecule has 0 N–H and O–H groups in total. The van der Waals surface area contributed by atoms with E-state index in [1.807, 2.05) is 12.1 Å². The van der Waals surface area contributed by atoms with Gasteiger partial charge in [0.15, 0.2) is 0 Å². The Labute approximate surface area is 393 Å². The van der Waals surface area contributed by atoms with E-state index < -0.39 is 0 Å². The first-order chi connectivity index (χ1) is 33.7. The van der Waals surface area contributed by atoms with E-state index in [9.17, 15) is 0 Å². The summed E-state index contributed by atoms with van der Waals surface area (Å²) in [5, 5.41) is 17.7. The number of rotatable bonds is 6. The molecule has 0 aliphatic carbocycles. The van der Waals surface area contributed by atoms with Crippen molar-refractivity contribution in [2.24, 2.45) is 0 Å². The predicted molar refractivity (Wildman–Crippen MR) is 290 cm³/mol. The molecule has 68 heavy (non-hydrogen) atoms. The van der Waals surface area contributed by atoms with Gasteiger partial charge in [-0.1, -0.05) is 182 Å². The van der Waals surface area contributed by atoms with Crippen LogP contribution in [-0.4, -0.2) is 0 Å². The van der Waals surface area contributed by atoms with Gasteiger partial charge in [0.2, 0.25) is 0 Å². The van der Waals surface area contributed by atoms with E-state index in [0.29, 0.717) is 0 Å². The molecule has 0 saturated carbocycles. The van der Waals surface area contributed by atoms with E-state index in [0.717, 1.165) is 50.1 Å². The molecule has 0 bridgehead atoms. The van der Waals surface area contributed by atoms with Crippen LogP contribution < -0.4 is 4.90 Å². The smallest absolute Gasteiger partial charge is 0.135 e. The van der Waals surface area contributed by atoms with E-state index in [2.05, 4.69) is 241 Å². The summed E-state index contributed by atoms with van der Waals surface area (Å²) >= 11 is 0. The Balaban J connectivity index is 0.860. The van der Waals surface area contributed by atoms with Crippen molar-refractivity contribution in [2.75, 3.05) is 4.90 Å². The van der Waals surface area contributed by atoms with Gasteiger partial charge < -0.3 is 9.32 Å². The molecule has 2 heteroatoms. The highest BCUT2D eigenvalue weighted by Crippen LogP contribution is 2.42. The number of fused-ring (bicyclic) bond motifs is 15. The maximum absolute atomic E-state index is 6.16. The summed E-state index contributed by atoms with van der Waals surface area (Å²) in [6.07, 6.45) is 0. The van der Waals surface area contributed by atoms with Crippen molar-refractivity contribution in [3.63, 3.8) is 0 Å². The Morgan fingerprint density at radius 3 is 0.838 bits per heavy atom. The zero-order valence-corrected chi connectivity index (χ0v) is 37.0. The van der Waals surface area contributed by atoms with E-state index in [4.69, 9.17) is 4.42 Å². The van der Waals surface area contributed by atoms with E-state index >= 15 is 0 Å². The van der Waals surface area contributed by atoms with E-state index in [1.165, 1.54) is 86.9 Å². The van der Waals surface area contributed by atoms with Gasteiger partial charge in [0.05, 0.1) is 0 Å². The number of nitrogens with zero attached hydrogens (tertiary/aromatic N) is 1. The fraction of sp³-hybridized carbons (Fsp3) is 0. The monoisotopic (exact) mass is 863 g/mol. The minimum Gasteiger partial charge on any atom is -0.456 e. The Hall–Kier alpha value is -8.98. The van der Waals surface area contributed by atoms with Crippen LogP contribution in [0.4, 0.5) is 17.1 Å². The minimum absolute atomic E-state index is 0.903. The van der Waals surface area contributed by atoms with Gasteiger partial charge in [0, 0.05) is 27.8 Å². The molecular formula is C66H41NO. The van der Waals surface area contributed by atoms with Crippen LogP contribution in [0, 0.1) is 0 Å². The number of para-hydroxylation sites is 1.